The van der Waals surface area contributed by atoms with Crippen LogP contribution in [-0.4, -0.2) is 31.1 Å². The Bertz CT molecular complexity index is 392. The second kappa shape index (κ2) is 3.98. The average Bonchev–Trinajstić information content (AvgIpc) is 2.53. The van der Waals surface area contributed by atoms with Crippen molar-refractivity contribution in [3.63, 3.8) is 0 Å². The van der Waals surface area contributed by atoms with Crippen molar-refractivity contribution in [3.05, 3.63) is 35.1 Å². The normalized spacial score (nSPS) is 14.5. The van der Waals surface area contributed by atoms with E-state index in [9.17, 15) is 9.18 Å². The van der Waals surface area contributed by atoms with Gasteiger partial charge in [0.1, 0.15) is 5.82 Å². The Morgan fingerprint density at radius 1 is 1.53 bits per heavy atom. The van der Waals surface area contributed by atoms with Crippen molar-refractivity contribution in [1.82, 2.24) is 4.90 Å². The van der Waals surface area contributed by atoms with Crippen molar-refractivity contribution in [2.45, 2.75) is 6.54 Å². The fraction of sp³-hybridized carbons (Fsp3) is 0.364. The number of hydrogen-bond acceptors (Lipinski definition) is 2. The first-order valence-corrected chi connectivity index (χ1v) is 4.79. The van der Waals surface area contributed by atoms with Crippen molar-refractivity contribution >= 4 is 5.91 Å². The zero-order chi connectivity index (χ0) is 10.8. The first-order valence-electron chi connectivity index (χ1n) is 4.79. The molecule has 0 saturated heterocycles. The molecule has 1 heterocycles. The molecule has 80 valence electrons. The van der Waals surface area contributed by atoms with Crippen molar-refractivity contribution in [2.75, 3.05) is 20.3 Å². The molecule has 1 aromatic rings. The largest absolute Gasteiger partial charge is 0.383 e. The number of rotatable bonds is 3. The van der Waals surface area contributed by atoms with Gasteiger partial charge in [-0.1, -0.05) is 6.07 Å². The molecule has 15 heavy (non-hydrogen) atoms. The van der Waals surface area contributed by atoms with E-state index in [2.05, 4.69) is 0 Å². The molecule has 0 atom stereocenters. The van der Waals surface area contributed by atoms with Crippen LogP contribution in [0, 0.1) is 5.82 Å². The van der Waals surface area contributed by atoms with Crippen molar-refractivity contribution in [2.24, 2.45) is 0 Å². The van der Waals surface area contributed by atoms with E-state index in [1.807, 2.05) is 0 Å². The second-order valence-corrected chi connectivity index (χ2v) is 3.52. The third kappa shape index (κ3) is 1.85. The molecule has 0 saturated carbocycles. The minimum Gasteiger partial charge on any atom is -0.383 e. The SMILES string of the molecule is COCCN1Cc2ccc(F)cc2C1=O. The van der Waals surface area contributed by atoms with Gasteiger partial charge >= 0.3 is 0 Å². The van der Waals surface area contributed by atoms with Crippen LogP contribution in [0.4, 0.5) is 4.39 Å². The quantitative estimate of drug-likeness (QED) is 0.753. The molecule has 0 aromatic heterocycles. The molecule has 0 bridgehead atoms. The van der Waals surface area contributed by atoms with E-state index < -0.39 is 0 Å². The molecule has 4 heteroatoms. The molecule has 0 unspecified atom stereocenters. The highest BCUT2D eigenvalue weighted by Gasteiger charge is 2.26. The molecule has 0 fully saturated rings. The van der Waals surface area contributed by atoms with Crippen molar-refractivity contribution in [1.29, 1.82) is 0 Å². The Hall–Kier alpha value is -1.42. The minimum absolute atomic E-state index is 0.110. The van der Waals surface area contributed by atoms with Crippen LogP contribution >= 0.6 is 0 Å². The number of carbonyl (C=O) groups is 1. The van der Waals surface area contributed by atoms with Gasteiger partial charge in [0, 0.05) is 25.8 Å². The van der Waals surface area contributed by atoms with Gasteiger partial charge in [-0.15, -0.1) is 0 Å². The fourth-order valence-corrected chi connectivity index (χ4v) is 1.72. The number of amides is 1. The van der Waals surface area contributed by atoms with Crippen LogP contribution in [0.25, 0.3) is 0 Å². The summed E-state index contributed by atoms with van der Waals surface area (Å²) in [4.78, 5) is 13.4. The molecule has 0 radical (unpaired) electrons. The molecule has 0 N–H and O–H groups in total. The molecule has 0 spiro atoms. The molecule has 1 aliphatic rings. The first-order chi connectivity index (χ1) is 7.22. The topological polar surface area (TPSA) is 29.5 Å². The van der Waals surface area contributed by atoms with E-state index in [0.717, 1.165) is 5.56 Å². The van der Waals surface area contributed by atoms with E-state index in [-0.39, 0.29) is 11.7 Å². The summed E-state index contributed by atoms with van der Waals surface area (Å²) in [6, 6.07) is 4.34. The lowest BCUT2D eigenvalue weighted by molar-refractivity contribution is 0.0719. The highest BCUT2D eigenvalue weighted by atomic mass is 19.1. The highest BCUT2D eigenvalue weighted by molar-refractivity contribution is 5.98. The van der Waals surface area contributed by atoms with Gasteiger partial charge in [0.15, 0.2) is 0 Å². The van der Waals surface area contributed by atoms with Crippen molar-refractivity contribution in [3.8, 4) is 0 Å². The Kier molecular flexibility index (Phi) is 2.68. The van der Waals surface area contributed by atoms with Crippen molar-refractivity contribution < 1.29 is 13.9 Å². The van der Waals surface area contributed by atoms with Crippen LogP contribution in [0.2, 0.25) is 0 Å². The van der Waals surface area contributed by atoms with Gasteiger partial charge < -0.3 is 9.64 Å². The second-order valence-electron chi connectivity index (χ2n) is 3.52. The lowest BCUT2D eigenvalue weighted by Gasteiger charge is -2.14. The van der Waals surface area contributed by atoms with E-state index in [1.54, 1.807) is 18.1 Å². The van der Waals surface area contributed by atoms with Gasteiger partial charge in [-0.3, -0.25) is 4.79 Å². The third-order valence-electron chi connectivity index (χ3n) is 2.52. The zero-order valence-corrected chi connectivity index (χ0v) is 8.50. The summed E-state index contributed by atoms with van der Waals surface area (Å²) in [6.45, 7) is 1.60. The van der Waals surface area contributed by atoms with E-state index >= 15 is 0 Å². The predicted molar refractivity (Wildman–Crippen MR) is 53.0 cm³/mol. The maximum atomic E-state index is 12.9. The summed E-state index contributed by atoms with van der Waals surface area (Å²) in [5, 5.41) is 0. The first kappa shape index (κ1) is 10.1. The van der Waals surface area contributed by atoms with E-state index in [4.69, 9.17) is 4.74 Å². The number of methoxy groups -OCH3 is 1. The van der Waals surface area contributed by atoms with Gasteiger partial charge in [0.2, 0.25) is 0 Å². The molecule has 1 amide bonds. The van der Waals surface area contributed by atoms with Gasteiger partial charge in [-0.2, -0.15) is 0 Å². The van der Waals surface area contributed by atoms with Crippen LogP contribution in [0.15, 0.2) is 18.2 Å². The van der Waals surface area contributed by atoms with Gasteiger partial charge in [-0.05, 0) is 17.7 Å². The number of carbonyl (C=O) groups excluding carboxylic acids is 1. The number of hydrogen-bond donors (Lipinski definition) is 0. The smallest absolute Gasteiger partial charge is 0.254 e. The van der Waals surface area contributed by atoms with Crippen LogP contribution in [-0.2, 0) is 11.3 Å². The summed E-state index contributed by atoms with van der Waals surface area (Å²) < 4.78 is 17.8. The lowest BCUT2D eigenvalue weighted by Crippen LogP contribution is -2.27. The third-order valence-corrected chi connectivity index (χ3v) is 2.52. The molecule has 0 aliphatic carbocycles. The van der Waals surface area contributed by atoms with E-state index in [1.165, 1.54) is 12.1 Å². The maximum absolute atomic E-state index is 12.9. The van der Waals surface area contributed by atoms with Crippen LogP contribution < -0.4 is 0 Å². The van der Waals surface area contributed by atoms with Crippen LogP contribution in [0.5, 0.6) is 0 Å². The molecular formula is C11H12FNO2. The predicted octanol–water partition coefficient (Wildman–Crippen LogP) is 1.43. The number of benzene rings is 1. The number of ether oxygens (including phenoxy) is 1. The average molecular weight is 209 g/mol. The van der Waals surface area contributed by atoms with Gasteiger partial charge in [0.25, 0.3) is 5.91 Å². The summed E-state index contributed by atoms with van der Waals surface area (Å²) >= 11 is 0. The fourth-order valence-electron chi connectivity index (χ4n) is 1.72. The molecule has 1 aliphatic heterocycles. The monoisotopic (exact) mass is 209 g/mol. The lowest BCUT2D eigenvalue weighted by atomic mass is 10.1. The van der Waals surface area contributed by atoms with Gasteiger partial charge in [0.05, 0.1) is 6.61 Å². The minimum atomic E-state index is -0.365. The number of halogens is 1. The summed E-state index contributed by atoms with van der Waals surface area (Å²) in [7, 11) is 1.59. The number of fused-ring (bicyclic) bond motifs is 1. The van der Waals surface area contributed by atoms with Gasteiger partial charge in [-0.25, -0.2) is 4.39 Å². The Morgan fingerprint density at radius 2 is 2.33 bits per heavy atom. The molecular weight excluding hydrogens is 197 g/mol. The Balaban J connectivity index is 2.18. The maximum Gasteiger partial charge on any atom is 0.254 e. The van der Waals surface area contributed by atoms with Crippen LogP contribution in [0.1, 0.15) is 15.9 Å². The summed E-state index contributed by atoms with van der Waals surface area (Å²) in [5.74, 6) is -0.475. The summed E-state index contributed by atoms with van der Waals surface area (Å²) in [6.07, 6.45) is 0. The number of nitrogens with zero attached hydrogens (tertiary/aromatic N) is 1. The highest BCUT2D eigenvalue weighted by Crippen LogP contribution is 2.22. The Morgan fingerprint density at radius 3 is 3.07 bits per heavy atom. The zero-order valence-electron chi connectivity index (χ0n) is 8.50. The standard InChI is InChI=1S/C11H12FNO2/c1-15-5-4-13-7-8-2-3-9(12)6-10(8)11(13)14/h2-3,6H,4-5,7H2,1H3. The molecule has 2 rings (SSSR count). The Labute approximate surface area is 87.5 Å². The molecule has 1 aromatic carbocycles. The van der Waals surface area contributed by atoms with Crippen LogP contribution in [0.3, 0.4) is 0 Å². The molecule has 3 nitrogen and oxygen atoms in total. The van der Waals surface area contributed by atoms with E-state index in [0.29, 0.717) is 25.3 Å². The summed E-state index contributed by atoms with van der Waals surface area (Å²) in [5.41, 5.74) is 1.36.